The van der Waals surface area contributed by atoms with Crippen molar-refractivity contribution < 1.29 is 13.9 Å². The van der Waals surface area contributed by atoms with Crippen molar-refractivity contribution >= 4 is 0 Å². The zero-order valence-corrected chi connectivity index (χ0v) is 7.00. The Hall–Kier alpha value is -1.22. The van der Waals surface area contributed by atoms with Gasteiger partial charge in [0.1, 0.15) is 0 Å². The number of benzene rings is 1. The lowest BCUT2D eigenvalue weighted by atomic mass is 10.1. The molecule has 70 valence electrons. The molecule has 0 fully saturated rings. The molecular formula is C10H10F2O. The van der Waals surface area contributed by atoms with Gasteiger partial charge in [-0.1, -0.05) is 24.3 Å². The van der Waals surface area contributed by atoms with E-state index in [2.05, 4.69) is 0 Å². The quantitative estimate of drug-likeness (QED) is 0.765. The van der Waals surface area contributed by atoms with Crippen LogP contribution >= 0.6 is 0 Å². The first-order valence-corrected chi connectivity index (χ1v) is 3.92. The lowest BCUT2D eigenvalue weighted by Crippen LogP contribution is -1.85. The third-order valence-electron chi connectivity index (χ3n) is 1.70. The molecule has 1 aromatic rings. The summed E-state index contributed by atoms with van der Waals surface area (Å²) < 4.78 is 23.4. The van der Waals surface area contributed by atoms with Crippen molar-refractivity contribution in [3.05, 3.63) is 47.5 Å². The zero-order valence-electron chi connectivity index (χ0n) is 7.00. The molecule has 1 rings (SSSR count). The normalized spacial score (nSPS) is 9.77. The Morgan fingerprint density at radius 1 is 1.15 bits per heavy atom. The van der Waals surface area contributed by atoms with Gasteiger partial charge in [-0.15, -0.1) is 0 Å². The molecule has 1 nitrogen and oxygen atoms in total. The standard InChI is InChI=1S/C10H10F2O/c11-10(12)6-5-8-1-3-9(7-13)4-2-8/h1-4,6,13H,5,7H2. The highest BCUT2D eigenvalue weighted by Gasteiger charge is 1.93. The molecule has 0 heterocycles. The summed E-state index contributed by atoms with van der Waals surface area (Å²) in [7, 11) is 0. The van der Waals surface area contributed by atoms with E-state index in [9.17, 15) is 8.78 Å². The van der Waals surface area contributed by atoms with Crippen molar-refractivity contribution in [2.75, 3.05) is 0 Å². The Bertz CT molecular complexity index is 286. The van der Waals surface area contributed by atoms with Crippen LogP contribution in [0.3, 0.4) is 0 Å². The van der Waals surface area contributed by atoms with Crippen LogP contribution in [-0.4, -0.2) is 5.11 Å². The molecule has 0 spiro atoms. The minimum atomic E-state index is -1.66. The van der Waals surface area contributed by atoms with Gasteiger partial charge in [0.05, 0.1) is 6.61 Å². The van der Waals surface area contributed by atoms with Gasteiger partial charge in [0.25, 0.3) is 6.08 Å². The van der Waals surface area contributed by atoms with Crippen molar-refractivity contribution in [1.82, 2.24) is 0 Å². The minimum absolute atomic E-state index is 0.0202. The van der Waals surface area contributed by atoms with Crippen LogP contribution < -0.4 is 0 Å². The molecule has 13 heavy (non-hydrogen) atoms. The Morgan fingerprint density at radius 3 is 2.15 bits per heavy atom. The summed E-state index contributed by atoms with van der Waals surface area (Å²) in [6, 6.07) is 6.90. The van der Waals surface area contributed by atoms with Crippen LogP contribution in [0.5, 0.6) is 0 Å². The Morgan fingerprint density at radius 2 is 1.69 bits per heavy atom. The van der Waals surface area contributed by atoms with Crippen LogP contribution in [0.25, 0.3) is 0 Å². The average Bonchev–Trinajstić information content (AvgIpc) is 2.15. The maximum Gasteiger partial charge on any atom is 0.266 e. The van der Waals surface area contributed by atoms with Crippen molar-refractivity contribution in [3.63, 3.8) is 0 Å². The summed E-state index contributed by atoms with van der Waals surface area (Å²) in [5, 5.41) is 8.71. The summed E-state index contributed by atoms with van der Waals surface area (Å²) in [5.41, 5.74) is 1.60. The van der Waals surface area contributed by atoms with E-state index in [1.807, 2.05) is 0 Å². The molecule has 0 radical (unpaired) electrons. The third kappa shape index (κ3) is 3.34. The predicted molar refractivity (Wildman–Crippen MR) is 46.4 cm³/mol. The summed E-state index contributed by atoms with van der Waals surface area (Å²) >= 11 is 0. The Kier molecular flexibility index (Phi) is 3.58. The lowest BCUT2D eigenvalue weighted by molar-refractivity contribution is 0.282. The lowest BCUT2D eigenvalue weighted by Gasteiger charge is -1.98. The summed E-state index contributed by atoms with van der Waals surface area (Å²) in [6.07, 6.45) is -0.562. The monoisotopic (exact) mass is 184 g/mol. The van der Waals surface area contributed by atoms with Crippen LogP contribution in [0.15, 0.2) is 36.4 Å². The fourth-order valence-corrected chi connectivity index (χ4v) is 0.976. The molecule has 0 aliphatic heterocycles. The fraction of sp³-hybridized carbons (Fsp3) is 0.200. The number of aliphatic hydroxyl groups excluding tert-OH is 1. The first kappa shape index (κ1) is 9.86. The molecule has 0 saturated heterocycles. The molecule has 0 amide bonds. The maximum absolute atomic E-state index is 11.7. The van der Waals surface area contributed by atoms with Gasteiger partial charge >= 0.3 is 0 Å². The molecule has 0 aromatic heterocycles. The van der Waals surface area contributed by atoms with E-state index in [0.717, 1.165) is 17.2 Å². The number of rotatable bonds is 3. The van der Waals surface area contributed by atoms with Crippen LogP contribution in [0.2, 0.25) is 0 Å². The second-order valence-corrected chi connectivity index (χ2v) is 2.67. The Labute approximate surface area is 75.3 Å². The molecule has 0 aliphatic rings. The molecule has 0 unspecified atom stereocenters. The van der Waals surface area contributed by atoms with Crippen LogP contribution in [0.4, 0.5) is 8.78 Å². The van der Waals surface area contributed by atoms with E-state index >= 15 is 0 Å². The van der Waals surface area contributed by atoms with E-state index in [0.29, 0.717) is 0 Å². The van der Waals surface area contributed by atoms with Gasteiger partial charge < -0.3 is 5.11 Å². The van der Waals surface area contributed by atoms with Crippen molar-refractivity contribution in [2.24, 2.45) is 0 Å². The highest BCUT2D eigenvalue weighted by molar-refractivity contribution is 5.23. The number of hydrogen-bond donors (Lipinski definition) is 1. The van der Waals surface area contributed by atoms with E-state index in [1.165, 1.54) is 0 Å². The number of hydrogen-bond acceptors (Lipinski definition) is 1. The van der Waals surface area contributed by atoms with E-state index < -0.39 is 6.08 Å². The molecule has 3 heteroatoms. The Balaban J connectivity index is 2.64. The second-order valence-electron chi connectivity index (χ2n) is 2.67. The van der Waals surface area contributed by atoms with E-state index in [1.54, 1.807) is 24.3 Å². The highest BCUT2D eigenvalue weighted by Crippen LogP contribution is 2.07. The molecule has 1 N–H and O–H groups in total. The third-order valence-corrected chi connectivity index (χ3v) is 1.70. The number of aliphatic hydroxyl groups is 1. The fourth-order valence-electron chi connectivity index (χ4n) is 0.976. The van der Waals surface area contributed by atoms with Gasteiger partial charge in [0.2, 0.25) is 0 Å². The largest absolute Gasteiger partial charge is 0.392 e. The highest BCUT2D eigenvalue weighted by atomic mass is 19.3. The van der Waals surface area contributed by atoms with Crippen molar-refractivity contribution in [3.8, 4) is 0 Å². The average molecular weight is 184 g/mol. The second kappa shape index (κ2) is 4.72. The number of halogens is 2. The molecule has 0 saturated carbocycles. The van der Waals surface area contributed by atoms with Gasteiger partial charge in [0.15, 0.2) is 0 Å². The summed E-state index contributed by atoms with van der Waals surface area (Å²) in [4.78, 5) is 0. The van der Waals surface area contributed by atoms with E-state index in [-0.39, 0.29) is 13.0 Å². The smallest absolute Gasteiger partial charge is 0.266 e. The summed E-state index contributed by atoms with van der Waals surface area (Å²) in [6.45, 7) is -0.0202. The zero-order chi connectivity index (χ0) is 9.68. The number of allylic oxidation sites excluding steroid dienone is 1. The van der Waals surface area contributed by atoms with Gasteiger partial charge in [-0.05, 0) is 23.6 Å². The first-order valence-electron chi connectivity index (χ1n) is 3.92. The maximum atomic E-state index is 11.7. The molecule has 0 bridgehead atoms. The minimum Gasteiger partial charge on any atom is -0.392 e. The molecule has 1 aromatic carbocycles. The topological polar surface area (TPSA) is 20.2 Å². The predicted octanol–water partition coefficient (Wildman–Crippen LogP) is 2.50. The molecule has 0 atom stereocenters. The summed E-state index contributed by atoms with van der Waals surface area (Å²) in [5.74, 6) is 0. The van der Waals surface area contributed by atoms with Crippen LogP contribution in [0.1, 0.15) is 11.1 Å². The van der Waals surface area contributed by atoms with Crippen LogP contribution in [-0.2, 0) is 13.0 Å². The van der Waals surface area contributed by atoms with Crippen LogP contribution in [0, 0.1) is 0 Å². The van der Waals surface area contributed by atoms with Gasteiger partial charge in [-0.3, -0.25) is 0 Å². The van der Waals surface area contributed by atoms with Gasteiger partial charge in [-0.25, -0.2) is 0 Å². The first-order chi connectivity index (χ1) is 6.22. The molecule has 0 aliphatic carbocycles. The van der Waals surface area contributed by atoms with Crippen molar-refractivity contribution in [2.45, 2.75) is 13.0 Å². The van der Waals surface area contributed by atoms with Gasteiger partial charge in [0, 0.05) is 0 Å². The van der Waals surface area contributed by atoms with Gasteiger partial charge in [-0.2, -0.15) is 8.78 Å². The molecular weight excluding hydrogens is 174 g/mol. The SMILES string of the molecule is OCc1ccc(CC=C(F)F)cc1. The van der Waals surface area contributed by atoms with Crippen molar-refractivity contribution in [1.29, 1.82) is 0 Å². The van der Waals surface area contributed by atoms with E-state index in [4.69, 9.17) is 5.11 Å².